The molecule has 1 heterocycles. The minimum Gasteiger partial charge on any atom is -0.338 e. The molecule has 0 fully saturated rings. The Morgan fingerprint density at radius 2 is 2.00 bits per heavy atom. The fraction of sp³-hybridized carbons (Fsp3) is 0. The van der Waals surface area contributed by atoms with Crippen LogP contribution in [0.2, 0.25) is 5.02 Å². The zero-order chi connectivity index (χ0) is 12.3. The summed E-state index contributed by atoms with van der Waals surface area (Å²) in [5.41, 5.74) is 3.17. The van der Waals surface area contributed by atoms with Gasteiger partial charge in [0.2, 0.25) is 0 Å². The van der Waals surface area contributed by atoms with Crippen molar-refractivity contribution in [1.82, 2.24) is 9.97 Å². The molecule has 0 unspecified atom stereocenters. The highest BCUT2D eigenvalue weighted by Gasteiger charge is 2.03. The van der Waals surface area contributed by atoms with Crippen molar-refractivity contribution in [2.75, 3.05) is 10.7 Å². The minimum absolute atomic E-state index is 0.475. The third kappa shape index (κ3) is 3.06. The van der Waals surface area contributed by atoms with Gasteiger partial charge in [-0.15, -0.1) is 0 Å². The molecule has 1 aromatic carbocycles. The Kier molecular flexibility index (Phi) is 3.78. The Balaban J connectivity index is 2.25. The molecule has 0 saturated heterocycles. The maximum absolute atomic E-state index is 6.07. The van der Waals surface area contributed by atoms with Crippen LogP contribution in [0.1, 0.15) is 0 Å². The van der Waals surface area contributed by atoms with Crippen molar-refractivity contribution in [3.8, 4) is 0 Å². The van der Waals surface area contributed by atoms with Gasteiger partial charge >= 0.3 is 0 Å². The summed E-state index contributed by atoms with van der Waals surface area (Å²) in [4.78, 5) is 8.15. The van der Waals surface area contributed by atoms with Crippen molar-refractivity contribution in [1.29, 1.82) is 0 Å². The van der Waals surface area contributed by atoms with E-state index in [0.717, 1.165) is 10.2 Å². The summed E-state index contributed by atoms with van der Waals surface area (Å²) in [5.74, 6) is 6.28. The molecule has 17 heavy (non-hydrogen) atoms. The van der Waals surface area contributed by atoms with Gasteiger partial charge in [0.15, 0.2) is 11.6 Å². The highest BCUT2D eigenvalue weighted by molar-refractivity contribution is 9.10. The monoisotopic (exact) mass is 313 g/mol. The topological polar surface area (TPSA) is 75.9 Å². The average molecular weight is 315 g/mol. The third-order valence-electron chi connectivity index (χ3n) is 1.98. The lowest BCUT2D eigenvalue weighted by atomic mass is 10.3. The van der Waals surface area contributed by atoms with Crippen LogP contribution in [-0.2, 0) is 0 Å². The molecule has 0 aliphatic carbocycles. The van der Waals surface area contributed by atoms with Crippen LogP contribution in [0, 0.1) is 0 Å². The molecule has 0 radical (unpaired) electrons. The summed E-state index contributed by atoms with van der Waals surface area (Å²) >= 11 is 9.41. The second-order valence-electron chi connectivity index (χ2n) is 3.18. The largest absolute Gasteiger partial charge is 0.338 e. The SMILES string of the molecule is NNc1cncc(Nc2ccc(Br)cc2Cl)n1. The molecule has 0 amide bonds. The van der Waals surface area contributed by atoms with Crippen molar-refractivity contribution >= 4 is 44.9 Å². The molecule has 0 atom stereocenters. The lowest BCUT2D eigenvalue weighted by Gasteiger charge is -2.08. The molecular weight excluding hydrogens is 306 g/mol. The van der Waals surface area contributed by atoms with Crippen LogP contribution in [0.3, 0.4) is 0 Å². The number of halogens is 2. The standard InChI is InChI=1S/C10H9BrClN5/c11-6-1-2-8(7(12)3-6)15-9-4-14-5-10(16-9)17-13/h1-5H,13H2,(H2,15,16,17). The van der Waals surface area contributed by atoms with E-state index in [1.54, 1.807) is 12.3 Å². The van der Waals surface area contributed by atoms with E-state index in [2.05, 4.69) is 36.6 Å². The molecule has 2 rings (SSSR count). The van der Waals surface area contributed by atoms with E-state index in [1.807, 2.05) is 12.1 Å². The van der Waals surface area contributed by atoms with Gasteiger partial charge in [-0.2, -0.15) is 0 Å². The van der Waals surface area contributed by atoms with Gasteiger partial charge in [0.1, 0.15) is 0 Å². The second kappa shape index (κ2) is 5.31. The summed E-state index contributed by atoms with van der Waals surface area (Å²) < 4.78 is 0.913. The van der Waals surface area contributed by atoms with Crippen LogP contribution in [0.4, 0.5) is 17.3 Å². The van der Waals surface area contributed by atoms with Gasteiger partial charge in [0.05, 0.1) is 23.1 Å². The number of nitrogens with one attached hydrogen (secondary N) is 2. The first kappa shape index (κ1) is 12.1. The van der Waals surface area contributed by atoms with Crippen LogP contribution in [0.15, 0.2) is 35.1 Å². The lowest BCUT2D eigenvalue weighted by Crippen LogP contribution is -2.09. The summed E-state index contributed by atoms with van der Waals surface area (Å²) in [6, 6.07) is 5.52. The van der Waals surface area contributed by atoms with Crippen molar-refractivity contribution in [2.24, 2.45) is 5.84 Å². The Morgan fingerprint density at radius 1 is 1.24 bits per heavy atom. The predicted octanol–water partition coefficient (Wildman–Crippen LogP) is 2.92. The number of nitrogens with two attached hydrogens (primary N) is 1. The minimum atomic E-state index is 0.475. The molecule has 1 aromatic heterocycles. The van der Waals surface area contributed by atoms with Gasteiger partial charge in [-0.05, 0) is 18.2 Å². The first-order chi connectivity index (χ1) is 8.19. The van der Waals surface area contributed by atoms with Gasteiger partial charge in [0.25, 0.3) is 0 Å². The summed E-state index contributed by atoms with van der Waals surface area (Å²) in [5, 5.41) is 3.64. The molecule has 0 bridgehead atoms. The first-order valence-electron chi connectivity index (χ1n) is 4.70. The number of nitrogen functional groups attached to an aromatic ring is 1. The van der Waals surface area contributed by atoms with Crippen molar-refractivity contribution in [2.45, 2.75) is 0 Å². The van der Waals surface area contributed by atoms with E-state index < -0.39 is 0 Å². The molecule has 0 saturated carbocycles. The Hall–Kier alpha value is -1.37. The van der Waals surface area contributed by atoms with Crippen LogP contribution >= 0.6 is 27.5 Å². The molecular formula is C10H9BrClN5. The molecule has 7 heteroatoms. The number of benzene rings is 1. The number of anilines is 3. The number of hydrogen-bond acceptors (Lipinski definition) is 5. The normalized spacial score (nSPS) is 10.1. The van der Waals surface area contributed by atoms with Crippen LogP contribution in [0.25, 0.3) is 0 Å². The lowest BCUT2D eigenvalue weighted by molar-refractivity contribution is 1.16. The molecule has 0 aliphatic heterocycles. The summed E-state index contributed by atoms with van der Waals surface area (Å²) in [6.45, 7) is 0. The van der Waals surface area contributed by atoms with Crippen molar-refractivity contribution in [3.05, 3.63) is 40.1 Å². The quantitative estimate of drug-likeness (QED) is 0.600. The fourth-order valence-corrected chi connectivity index (χ4v) is 1.95. The molecule has 88 valence electrons. The van der Waals surface area contributed by atoms with E-state index in [9.17, 15) is 0 Å². The van der Waals surface area contributed by atoms with E-state index in [1.165, 1.54) is 6.20 Å². The highest BCUT2D eigenvalue weighted by atomic mass is 79.9. The zero-order valence-corrected chi connectivity index (χ0v) is 11.0. The van der Waals surface area contributed by atoms with Gasteiger partial charge in [0, 0.05) is 4.47 Å². The third-order valence-corrected chi connectivity index (χ3v) is 2.78. The summed E-state index contributed by atoms with van der Waals surface area (Å²) in [6.07, 6.45) is 3.10. The Bertz CT molecular complexity index is 534. The molecule has 4 N–H and O–H groups in total. The average Bonchev–Trinajstić information content (AvgIpc) is 2.33. The van der Waals surface area contributed by atoms with Gasteiger partial charge in [-0.1, -0.05) is 27.5 Å². The van der Waals surface area contributed by atoms with Gasteiger partial charge in [-0.25, -0.2) is 10.8 Å². The first-order valence-corrected chi connectivity index (χ1v) is 5.87. The maximum atomic E-state index is 6.07. The predicted molar refractivity (Wildman–Crippen MR) is 72.3 cm³/mol. The highest BCUT2D eigenvalue weighted by Crippen LogP contribution is 2.27. The fourth-order valence-electron chi connectivity index (χ4n) is 1.22. The van der Waals surface area contributed by atoms with E-state index >= 15 is 0 Å². The Labute approximate surface area is 112 Å². The zero-order valence-electron chi connectivity index (χ0n) is 8.61. The number of nitrogens with zero attached hydrogens (tertiary/aromatic N) is 2. The van der Waals surface area contributed by atoms with Crippen molar-refractivity contribution < 1.29 is 0 Å². The maximum Gasteiger partial charge on any atom is 0.160 e. The molecule has 0 aliphatic rings. The van der Waals surface area contributed by atoms with E-state index in [-0.39, 0.29) is 0 Å². The van der Waals surface area contributed by atoms with Gasteiger partial charge < -0.3 is 10.7 Å². The van der Waals surface area contributed by atoms with E-state index in [4.69, 9.17) is 17.4 Å². The number of hydrazine groups is 1. The van der Waals surface area contributed by atoms with Crippen LogP contribution < -0.4 is 16.6 Å². The summed E-state index contributed by atoms with van der Waals surface area (Å²) in [7, 11) is 0. The van der Waals surface area contributed by atoms with Gasteiger partial charge in [-0.3, -0.25) is 4.98 Å². The van der Waals surface area contributed by atoms with Crippen molar-refractivity contribution in [3.63, 3.8) is 0 Å². The number of rotatable bonds is 3. The van der Waals surface area contributed by atoms with Crippen LogP contribution in [-0.4, -0.2) is 9.97 Å². The Morgan fingerprint density at radius 3 is 2.71 bits per heavy atom. The van der Waals surface area contributed by atoms with Crippen LogP contribution in [0.5, 0.6) is 0 Å². The smallest absolute Gasteiger partial charge is 0.160 e. The number of hydrogen-bond donors (Lipinski definition) is 3. The second-order valence-corrected chi connectivity index (χ2v) is 4.51. The molecule has 2 aromatic rings. The van der Waals surface area contributed by atoms with E-state index in [0.29, 0.717) is 16.7 Å². The molecule has 0 spiro atoms. The molecule has 5 nitrogen and oxygen atoms in total. The number of aromatic nitrogens is 2.